The molecule has 0 spiro atoms. The molecule has 1 aromatic carbocycles. The summed E-state index contributed by atoms with van der Waals surface area (Å²) in [6, 6.07) is 9.79. The molecule has 0 fully saturated rings. The molecule has 3 nitrogen and oxygen atoms in total. The van der Waals surface area contributed by atoms with Crippen molar-refractivity contribution in [2.24, 2.45) is 0 Å². The number of hydrogen-bond donors (Lipinski definition) is 1. The minimum Gasteiger partial charge on any atom is -0.439 e. The Morgan fingerprint density at radius 1 is 1.14 bits per heavy atom. The van der Waals surface area contributed by atoms with Crippen LogP contribution in [0, 0.1) is 6.92 Å². The number of aryl methyl sites for hydroxylation is 1. The molecule has 1 aromatic heterocycles. The van der Waals surface area contributed by atoms with Gasteiger partial charge in [0.15, 0.2) is 0 Å². The summed E-state index contributed by atoms with van der Waals surface area (Å²) in [5.74, 6) is 1.36. The number of rotatable bonds is 3. The molecule has 1 N–H and O–H groups in total. The van der Waals surface area contributed by atoms with E-state index in [-0.39, 0.29) is 5.41 Å². The zero-order valence-corrected chi connectivity index (χ0v) is 13.3. The molecule has 0 bridgehead atoms. The second kappa shape index (κ2) is 5.86. The number of benzene rings is 1. The van der Waals surface area contributed by atoms with E-state index in [1.807, 2.05) is 18.2 Å². The Balaban J connectivity index is 2.31. The van der Waals surface area contributed by atoms with Gasteiger partial charge in [-0.2, -0.15) is 0 Å². The van der Waals surface area contributed by atoms with Crippen LogP contribution in [0.3, 0.4) is 0 Å². The van der Waals surface area contributed by atoms with Gasteiger partial charge in [-0.3, -0.25) is 0 Å². The Morgan fingerprint density at radius 3 is 2.38 bits per heavy atom. The molecule has 0 radical (unpaired) electrons. The summed E-state index contributed by atoms with van der Waals surface area (Å²) in [7, 11) is 0. The van der Waals surface area contributed by atoms with E-state index in [1.165, 1.54) is 5.56 Å². The molecule has 112 valence electrons. The van der Waals surface area contributed by atoms with Crippen LogP contribution < -0.4 is 4.74 Å². The first-order valence-corrected chi connectivity index (χ1v) is 7.20. The quantitative estimate of drug-likeness (QED) is 0.900. The summed E-state index contributed by atoms with van der Waals surface area (Å²) in [4.78, 5) is 4.26. The van der Waals surface area contributed by atoms with Crippen LogP contribution in [0.5, 0.6) is 11.6 Å². The highest BCUT2D eigenvalue weighted by Gasteiger charge is 2.19. The molecular weight excluding hydrogens is 262 g/mol. The van der Waals surface area contributed by atoms with Crippen LogP contribution in [-0.2, 0) is 5.41 Å². The van der Waals surface area contributed by atoms with Gasteiger partial charge in [-0.1, -0.05) is 38.5 Å². The molecule has 0 unspecified atom stereocenters. The second-order valence-corrected chi connectivity index (χ2v) is 6.46. The van der Waals surface area contributed by atoms with Gasteiger partial charge in [0.1, 0.15) is 5.75 Å². The Labute approximate surface area is 126 Å². The fourth-order valence-electron chi connectivity index (χ4n) is 2.13. The molecule has 0 aliphatic carbocycles. The van der Waals surface area contributed by atoms with E-state index in [9.17, 15) is 5.11 Å². The molecular formula is C18H23NO2. The van der Waals surface area contributed by atoms with Crippen molar-refractivity contribution in [1.82, 2.24) is 4.98 Å². The van der Waals surface area contributed by atoms with Gasteiger partial charge in [-0.05, 0) is 37.0 Å². The van der Waals surface area contributed by atoms with Crippen molar-refractivity contribution < 1.29 is 9.84 Å². The lowest BCUT2D eigenvalue weighted by Gasteiger charge is -2.23. The third-order valence-corrected chi connectivity index (χ3v) is 3.40. The normalized spacial score (nSPS) is 13.0. The maximum atomic E-state index is 9.50. The highest BCUT2D eigenvalue weighted by molar-refractivity contribution is 5.43. The highest BCUT2D eigenvalue weighted by Crippen LogP contribution is 2.34. The van der Waals surface area contributed by atoms with E-state index in [0.717, 1.165) is 16.9 Å². The molecule has 2 aromatic rings. The summed E-state index contributed by atoms with van der Waals surface area (Å²) in [5.41, 5.74) is 3.15. The first-order chi connectivity index (χ1) is 9.77. The van der Waals surface area contributed by atoms with Crippen LogP contribution in [0.2, 0.25) is 0 Å². The molecule has 21 heavy (non-hydrogen) atoms. The number of aliphatic hydroxyl groups is 1. The number of aliphatic hydroxyl groups excluding tert-OH is 1. The first kappa shape index (κ1) is 15.5. The summed E-state index contributed by atoms with van der Waals surface area (Å²) in [6.07, 6.45) is 1.13. The summed E-state index contributed by atoms with van der Waals surface area (Å²) < 4.78 is 5.93. The van der Waals surface area contributed by atoms with Gasteiger partial charge < -0.3 is 9.84 Å². The van der Waals surface area contributed by atoms with E-state index < -0.39 is 6.10 Å². The summed E-state index contributed by atoms with van der Waals surface area (Å²) >= 11 is 0. The largest absolute Gasteiger partial charge is 0.439 e. The van der Waals surface area contributed by atoms with Crippen molar-refractivity contribution in [1.29, 1.82) is 0 Å². The van der Waals surface area contributed by atoms with Crippen LogP contribution in [0.25, 0.3) is 0 Å². The first-order valence-electron chi connectivity index (χ1n) is 7.20. The van der Waals surface area contributed by atoms with Gasteiger partial charge in [0.2, 0.25) is 5.88 Å². The molecule has 1 atom stereocenters. The van der Waals surface area contributed by atoms with Gasteiger partial charge in [0.05, 0.1) is 6.10 Å². The van der Waals surface area contributed by atoms with Crippen LogP contribution in [0.4, 0.5) is 0 Å². The topological polar surface area (TPSA) is 42.4 Å². The zero-order valence-electron chi connectivity index (χ0n) is 13.3. The number of aromatic nitrogens is 1. The van der Waals surface area contributed by atoms with Crippen molar-refractivity contribution in [3.63, 3.8) is 0 Å². The van der Waals surface area contributed by atoms with E-state index in [0.29, 0.717) is 5.88 Å². The lowest BCUT2D eigenvalue weighted by atomic mass is 9.85. The van der Waals surface area contributed by atoms with Crippen molar-refractivity contribution in [2.45, 2.75) is 46.1 Å². The second-order valence-electron chi connectivity index (χ2n) is 6.46. The SMILES string of the molecule is Cc1ccc(Oc2ccc([C@@H](C)O)cn2)c(C(C)(C)C)c1. The van der Waals surface area contributed by atoms with E-state index in [2.05, 4.69) is 38.7 Å². The van der Waals surface area contributed by atoms with Gasteiger partial charge in [-0.25, -0.2) is 4.98 Å². The molecule has 0 saturated carbocycles. The van der Waals surface area contributed by atoms with E-state index in [4.69, 9.17) is 4.74 Å². The third-order valence-electron chi connectivity index (χ3n) is 3.40. The average Bonchev–Trinajstić information content (AvgIpc) is 2.40. The Bertz CT molecular complexity index is 610. The lowest BCUT2D eigenvalue weighted by molar-refractivity contribution is 0.198. The Morgan fingerprint density at radius 2 is 1.86 bits per heavy atom. The highest BCUT2D eigenvalue weighted by atomic mass is 16.5. The summed E-state index contributed by atoms with van der Waals surface area (Å²) in [5, 5.41) is 9.50. The van der Waals surface area contributed by atoms with Crippen molar-refractivity contribution in [3.8, 4) is 11.6 Å². The van der Waals surface area contributed by atoms with E-state index in [1.54, 1.807) is 19.2 Å². The van der Waals surface area contributed by atoms with Gasteiger partial charge >= 0.3 is 0 Å². The maximum Gasteiger partial charge on any atom is 0.219 e. The van der Waals surface area contributed by atoms with Crippen LogP contribution in [-0.4, -0.2) is 10.1 Å². The Kier molecular flexibility index (Phi) is 4.33. The van der Waals surface area contributed by atoms with Crippen LogP contribution in [0.15, 0.2) is 36.5 Å². The fourth-order valence-corrected chi connectivity index (χ4v) is 2.13. The predicted molar refractivity (Wildman–Crippen MR) is 84.8 cm³/mol. The van der Waals surface area contributed by atoms with Gasteiger partial charge in [-0.15, -0.1) is 0 Å². The third kappa shape index (κ3) is 3.82. The monoisotopic (exact) mass is 285 g/mol. The minimum absolute atomic E-state index is 0.000899. The average molecular weight is 285 g/mol. The zero-order chi connectivity index (χ0) is 15.6. The van der Waals surface area contributed by atoms with Gasteiger partial charge in [0, 0.05) is 17.8 Å². The Hall–Kier alpha value is -1.87. The molecule has 0 amide bonds. The number of nitrogens with zero attached hydrogens (tertiary/aromatic N) is 1. The molecule has 0 saturated heterocycles. The van der Waals surface area contributed by atoms with Crippen molar-refractivity contribution in [3.05, 3.63) is 53.2 Å². The van der Waals surface area contributed by atoms with Crippen molar-refractivity contribution >= 4 is 0 Å². The predicted octanol–water partition coefficient (Wildman–Crippen LogP) is 4.53. The lowest BCUT2D eigenvalue weighted by Crippen LogP contribution is -2.13. The molecule has 3 heteroatoms. The van der Waals surface area contributed by atoms with Crippen LogP contribution in [0.1, 0.15) is 50.5 Å². The number of ether oxygens (including phenoxy) is 1. The van der Waals surface area contributed by atoms with Gasteiger partial charge in [0.25, 0.3) is 0 Å². The fraction of sp³-hybridized carbons (Fsp3) is 0.389. The van der Waals surface area contributed by atoms with Crippen molar-refractivity contribution in [2.75, 3.05) is 0 Å². The number of hydrogen-bond acceptors (Lipinski definition) is 3. The number of pyridine rings is 1. The molecule has 1 heterocycles. The minimum atomic E-state index is -0.518. The molecule has 0 aliphatic rings. The van der Waals surface area contributed by atoms with E-state index >= 15 is 0 Å². The molecule has 2 rings (SSSR count). The van der Waals surface area contributed by atoms with Crippen LogP contribution >= 0.6 is 0 Å². The smallest absolute Gasteiger partial charge is 0.219 e. The summed E-state index contributed by atoms with van der Waals surface area (Å²) in [6.45, 7) is 10.3. The maximum absolute atomic E-state index is 9.50. The molecule has 0 aliphatic heterocycles. The standard InChI is InChI=1S/C18H23NO2/c1-12-6-8-16(15(10-12)18(3,4)5)21-17-9-7-14(11-19-17)13(2)20/h6-11,13,20H,1-5H3/t13-/m1/s1.